The maximum absolute atomic E-state index is 2.66. The quantitative estimate of drug-likeness (QED) is 0.0463. The van der Waals surface area contributed by atoms with E-state index >= 15 is 0 Å². The van der Waals surface area contributed by atoms with Gasteiger partial charge in [0.1, 0.15) is 12.4 Å². The van der Waals surface area contributed by atoms with Gasteiger partial charge in [0.2, 0.25) is 0 Å². The van der Waals surface area contributed by atoms with Crippen molar-refractivity contribution in [2.24, 2.45) is 0 Å². The van der Waals surface area contributed by atoms with Crippen LogP contribution in [0.15, 0.2) is 12.4 Å². The molecule has 0 spiro atoms. The summed E-state index contributed by atoms with van der Waals surface area (Å²) >= 11 is 0. The van der Waals surface area contributed by atoms with Crippen LogP contribution in [0.3, 0.4) is 0 Å². The molecule has 1 aromatic rings. The molecule has 0 radical (unpaired) electrons. The van der Waals surface area contributed by atoms with Crippen LogP contribution >= 0.6 is 0 Å². The molecule has 0 amide bonds. The highest BCUT2D eigenvalue weighted by Gasteiger charge is 2.16. The Morgan fingerprint density at radius 3 is 0.889 bits per heavy atom. The summed E-state index contributed by atoms with van der Waals surface area (Å²) in [6.45, 7) is 9.42. The lowest BCUT2D eigenvalue weighted by atomic mass is 10.0. The molecule has 0 N–H and O–H groups in total. The Labute approximate surface area is 342 Å². The lowest BCUT2D eigenvalue weighted by Gasteiger charge is -2.07. The van der Waals surface area contributed by atoms with E-state index in [9.17, 15) is 0 Å². The number of aryl methyl sites for hydroxylation is 2. The Hall–Kier alpha value is -0.790. The summed E-state index contributed by atoms with van der Waals surface area (Å²) in [5.41, 5.74) is 0. The fourth-order valence-corrected chi connectivity index (χ4v) is 8.80. The van der Waals surface area contributed by atoms with E-state index in [1.54, 1.807) is 5.82 Å². The van der Waals surface area contributed by atoms with Crippen LogP contribution in [0.5, 0.6) is 0 Å². The van der Waals surface area contributed by atoms with Crippen molar-refractivity contribution in [3.8, 4) is 0 Å². The van der Waals surface area contributed by atoms with E-state index < -0.39 is 0 Å². The summed E-state index contributed by atoms with van der Waals surface area (Å²) in [6.07, 6.45) is 68.3. The van der Waals surface area contributed by atoms with E-state index in [1.165, 1.54) is 296 Å². The topological polar surface area (TPSA) is 8.81 Å². The van der Waals surface area contributed by atoms with Gasteiger partial charge in [-0.3, -0.25) is 0 Å². The van der Waals surface area contributed by atoms with Crippen LogP contribution in [-0.2, 0) is 19.5 Å². The van der Waals surface area contributed by atoms with Crippen LogP contribution in [0, 0.1) is 0 Å². The van der Waals surface area contributed by atoms with Crippen LogP contribution in [0.25, 0.3) is 0 Å². The zero-order valence-electron chi connectivity index (χ0n) is 38.1. The Kier molecular flexibility index (Phi) is 41.1. The van der Waals surface area contributed by atoms with Crippen LogP contribution in [0.2, 0.25) is 0 Å². The first kappa shape index (κ1) is 51.2. The monoisotopic (exact) mass is 756 g/mol. The lowest BCUT2D eigenvalue weighted by molar-refractivity contribution is -0.704. The standard InChI is InChI=1S/C52H103N2/c1-4-7-10-13-16-19-22-24-26-28-30-33-36-39-42-45-48-53-50-51-54(52(53)47-44-41-38-35-32-21-18-15-12-9-6-3)49-46-43-40-37-34-31-29-27-25-23-20-17-14-11-8-5-2/h50-51H,4-49H2,1-3H3/q+1. The van der Waals surface area contributed by atoms with Crippen molar-refractivity contribution in [2.45, 2.75) is 316 Å². The lowest BCUT2D eigenvalue weighted by Crippen LogP contribution is -2.37. The normalized spacial score (nSPS) is 11.7. The number of nitrogens with zero attached hydrogens (tertiary/aromatic N) is 2. The maximum Gasteiger partial charge on any atom is 0.256 e. The van der Waals surface area contributed by atoms with E-state index in [0.717, 1.165) is 0 Å². The van der Waals surface area contributed by atoms with Crippen molar-refractivity contribution in [1.82, 2.24) is 4.57 Å². The average molecular weight is 756 g/mol. The predicted molar refractivity (Wildman–Crippen MR) is 244 cm³/mol. The van der Waals surface area contributed by atoms with Gasteiger partial charge in [-0.05, 0) is 32.1 Å². The van der Waals surface area contributed by atoms with Gasteiger partial charge >= 0.3 is 0 Å². The number of aromatic nitrogens is 2. The molecule has 0 saturated carbocycles. The third-order valence-corrected chi connectivity index (χ3v) is 12.6. The third kappa shape index (κ3) is 34.5. The fourth-order valence-electron chi connectivity index (χ4n) is 8.80. The second-order valence-electron chi connectivity index (χ2n) is 18.0. The molecule has 0 saturated heterocycles. The molecule has 1 heterocycles. The summed E-state index contributed by atoms with van der Waals surface area (Å²) in [5.74, 6) is 1.63. The number of hydrogen-bond donors (Lipinski definition) is 0. The molecule has 0 unspecified atom stereocenters. The van der Waals surface area contributed by atoms with Crippen LogP contribution in [0.1, 0.15) is 303 Å². The molecule has 1 aromatic heterocycles. The summed E-state index contributed by atoms with van der Waals surface area (Å²) < 4.78 is 5.32. The van der Waals surface area contributed by atoms with E-state index in [4.69, 9.17) is 0 Å². The van der Waals surface area contributed by atoms with Gasteiger partial charge in [0, 0.05) is 6.42 Å². The van der Waals surface area contributed by atoms with Crippen molar-refractivity contribution in [1.29, 1.82) is 0 Å². The Morgan fingerprint density at radius 1 is 0.315 bits per heavy atom. The van der Waals surface area contributed by atoms with Crippen molar-refractivity contribution < 1.29 is 4.57 Å². The van der Waals surface area contributed by atoms with Gasteiger partial charge < -0.3 is 0 Å². The molecule has 2 heteroatoms. The number of unbranched alkanes of at least 4 members (excludes halogenated alkanes) is 40. The van der Waals surface area contributed by atoms with E-state index in [1.807, 2.05) is 0 Å². The minimum atomic E-state index is 1.23. The highest BCUT2D eigenvalue weighted by atomic mass is 15.1. The van der Waals surface area contributed by atoms with Gasteiger partial charge in [0.05, 0.1) is 13.1 Å². The molecule has 54 heavy (non-hydrogen) atoms. The predicted octanol–water partition coefficient (Wildman–Crippen LogP) is 18.2. The van der Waals surface area contributed by atoms with Crippen molar-refractivity contribution in [2.75, 3.05) is 0 Å². The van der Waals surface area contributed by atoms with Crippen LogP contribution in [-0.4, -0.2) is 4.57 Å². The van der Waals surface area contributed by atoms with Gasteiger partial charge in [-0.2, -0.15) is 0 Å². The smallest absolute Gasteiger partial charge is 0.234 e. The second kappa shape index (κ2) is 43.3. The minimum absolute atomic E-state index is 1.23. The van der Waals surface area contributed by atoms with E-state index in [2.05, 4.69) is 42.3 Å². The first-order valence-corrected chi connectivity index (χ1v) is 25.9. The van der Waals surface area contributed by atoms with Crippen LogP contribution < -0.4 is 4.57 Å². The molecule has 0 atom stereocenters. The summed E-state index contributed by atoms with van der Waals surface area (Å²) in [6, 6.07) is 0. The fraction of sp³-hybridized carbons (Fsp3) is 0.942. The Morgan fingerprint density at radius 2 is 0.574 bits per heavy atom. The summed E-state index contributed by atoms with van der Waals surface area (Å²) in [7, 11) is 0. The SMILES string of the molecule is CCCCCCCCCCCCCCCCCCn1cc[n+](CCCCCCCCCCCCCCCCCC)c1CCCCCCCCCCCCC. The molecule has 320 valence electrons. The van der Waals surface area contributed by atoms with Crippen molar-refractivity contribution in [3.05, 3.63) is 18.2 Å². The largest absolute Gasteiger partial charge is 0.256 e. The number of imidazole rings is 1. The van der Waals surface area contributed by atoms with Gasteiger partial charge in [-0.1, -0.05) is 265 Å². The van der Waals surface area contributed by atoms with Gasteiger partial charge in [-0.25, -0.2) is 9.13 Å². The zero-order chi connectivity index (χ0) is 38.7. The molecular weight excluding hydrogens is 653 g/mol. The molecule has 0 aliphatic rings. The van der Waals surface area contributed by atoms with Gasteiger partial charge in [0.15, 0.2) is 0 Å². The third-order valence-electron chi connectivity index (χ3n) is 12.6. The van der Waals surface area contributed by atoms with Crippen molar-refractivity contribution >= 4 is 0 Å². The molecule has 0 aliphatic heterocycles. The molecule has 1 rings (SSSR count). The molecule has 0 bridgehead atoms. The van der Waals surface area contributed by atoms with Gasteiger partial charge in [0.25, 0.3) is 5.82 Å². The van der Waals surface area contributed by atoms with Crippen LogP contribution in [0.4, 0.5) is 0 Å². The Bertz CT molecular complexity index is 773. The average Bonchev–Trinajstić information content (AvgIpc) is 3.57. The molecular formula is C52H103N2+. The highest BCUT2D eigenvalue weighted by molar-refractivity contribution is 4.84. The van der Waals surface area contributed by atoms with Gasteiger partial charge in [-0.15, -0.1) is 0 Å². The minimum Gasteiger partial charge on any atom is -0.234 e. The number of hydrogen-bond acceptors (Lipinski definition) is 0. The molecule has 0 aromatic carbocycles. The molecule has 0 fully saturated rings. The number of rotatable bonds is 46. The zero-order valence-corrected chi connectivity index (χ0v) is 38.1. The maximum atomic E-state index is 2.66. The van der Waals surface area contributed by atoms with Crippen molar-refractivity contribution in [3.63, 3.8) is 0 Å². The molecule has 2 nitrogen and oxygen atoms in total. The van der Waals surface area contributed by atoms with E-state index in [0.29, 0.717) is 0 Å². The molecule has 0 aliphatic carbocycles. The summed E-state index contributed by atoms with van der Waals surface area (Å²) in [5, 5.41) is 0. The van der Waals surface area contributed by atoms with E-state index in [-0.39, 0.29) is 0 Å². The highest BCUT2D eigenvalue weighted by Crippen LogP contribution is 2.17. The second-order valence-corrected chi connectivity index (χ2v) is 18.0. The first-order valence-electron chi connectivity index (χ1n) is 25.9. The Balaban J connectivity index is 2.23. The first-order chi connectivity index (χ1) is 26.8. The summed E-state index contributed by atoms with van der Waals surface area (Å²) in [4.78, 5) is 0.